The lowest BCUT2D eigenvalue weighted by molar-refractivity contribution is -0.121. The molecule has 0 bridgehead atoms. The summed E-state index contributed by atoms with van der Waals surface area (Å²) in [6, 6.07) is 9.25. The first-order valence-corrected chi connectivity index (χ1v) is 6.09. The van der Waals surface area contributed by atoms with Crippen LogP contribution in [0.1, 0.15) is 24.5 Å². The fraction of sp³-hybridized carbons (Fsp3) is 0.429. The zero-order valence-corrected chi connectivity index (χ0v) is 10.3. The molecule has 1 aromatic rings. The highest BCUT2D eigenvalue weighted by molar-refractivity contribution is 5.79. The van der Waals surface area contributed by atoms with Crippen molar-refractivity contribution in [3.63, 3.8) is 0 Å². The van der Waals surface area contributed by atoms with Crippen LogP contribution in [0.3, 0.4) is 0 Å². The van der Waals surface area contributed by atoms with E-state index >= 15 is 0 Å². The smallest absolute Gasteiger partial charge is 0.224 e. The van der Waals surface area contributed by atoms with Crippen molar-refractivity contribution in [2.24, 2.45) is 0 Å². The van der Waals surface area contributed by atoms with Gasteiger partial charge in [-0.15, -0.1) is 0 Å². The van der Waals surface area contributed by atoms with Gasteiger partial charge >= 0.3 is 0 Å². The number of ether oxygens (including phenoxy) is 1. The van der Waals surface area contributed by atoms with Gasteiger partial charge in [0.1, 0.15) is 0 Å². The highest BCUT2D eigenvalue weighted by Gasteiger charge is 2.25. The van der Waals surface area contributed by atoms with E-state index in [2.05, 4.69) is 11.4 Å². The molecule has 2 unspecified atom stereocenters. The van der Waals surface area contributed by atoms with Crippen molar-refractivity contribution in [1.29, 1.82) is 5.26 Å². The van der Waals surface area contributed by atoms with Gasteiger partial charge in [0.15, 0.2) is 0 Å². The van der Waals surface area contributed by atoms with Crippen molar-refractivity contribution in [2.75, 3.05) is 6.61 Å². The quantitative estimate of drug-likeness (QED) is 0.874. The molecular formula is C14H16N2O2. The Morgan fingerprint density at radius 1 is 1.50 bits per heavy atom. The molecule has 4 heteroatoms. The summed E-state index contributed by atoms with van der Waals surface area (Å²) in [6.07, 6.45) is 1.31. The van der Waals surface area contributed by atoms with Crippen LogP contribution in [0.4, 0.5) is 0 Å². The van der Waals surface area contributed by atoms with Gasteiger partial charge in [0.2, 0.25) is 5.91 Å². The van der Waals surface area contributed by atoms with E-state index in [9.17, 15) is 4.79 Å². The number of carbonyl (C=O) groups excluding carboxylic acids is 1. The van der Waals surface area contributed by atoms with Gasteiger partial charge in [-0.2, -0.15) is 5.26 Å². The standard InChI is InChI=1S/C14H16N2O2/c1-10-13(6-7-18-10)16-14(17)8-11-2-4-12(9-15)5-3-11/h2-5,10,13H,6-8H2,1H3,(H,16,17). The molecule has 1 aliphatic heterocycles. The molecule has 94 valence electrons. The summed E-state index contributed by atoms with van der Waals surface area (Å²) in [5, 5.41) is 11.7. The summed E-state index contributed by atoms with van der Waals surface area (Å²) in [4.78, 5) is 11.8. The molecule has 18 heavy (non-hydrogen) atoms. The molecule has 1 saturated heterocycles. The molecule has 0 radical (unpaired) electrons. The number of hydrogen-bond donors (Lipinski definition) is 1. The zero-order chi connectivity index (χ0) is 13.0. The lowest BCUT2D eigenvalue weighted by Gasteiger charge is -2.15. The maximum Gasteiger partial charge on any atom is 0.224 e. The SMILES string of the molecule is CC1OCCC1NC(=O)Cc1ccc(C#N)cc1. The largest absolute Gasteiger partial charge is 0.376 e. The topological polar surface area (TPSA) is 62.1 Å². The van der Waals surface area contributed by atoms with Crippen LogP contribution in [-0.2, 0) is 16.0 Å². The minimum absolute atomic E-state index is 0.00191. The van der Waals surface area contributed by atoms with Gasteiger partial charge in [0.25, 0.3) is 0 Å². The summed E-state index contributed by atoms with van der Waals surface area (Å²) in [7, 11) is 0. The van der Waals surface area contributed by atoms with Crippen LogP contribution in [0, 0.1) is 11.3 Å². The molecule has 2 rings (SSSR count). The molecule has 1 aliphatic rings. The summed E-state index contributed by atoms with van der Waals surface area (Å²) in [6.45, 7) is 2.68. The number of rotatable bonds is 3. The molecule has 4 nitrogen and oxygen atoms in total. The van der Waals surface area contributed by atoms with Crippen LogP contribution >= 0.6 is 0 Å². The second-order valence-electron chi connectivity index (χ2n) is 4.52. The van der Waals surface area contributed by atoms with E-state index < -0.39 is 0 Å². The van der Waals surface area contributed by atoms with Crippen molar-refractivity contribution in [1.82, 2.24) is 5.32 Å². The molecule has 0 aliphatic carbocycles. The van der Waals surface area contributed by atoms with Crippen LogP contribution in [0.15, 0.2) is 24.3 Å². The molecule has 0 spiro atoms. The van der Waals surface area contributed by atoms with Crippen LogP contribution in [0.2, 0.25) is 0 Å². The third-order valence-electron chi connectivity index (χ3n) is 3.17. The molecule has 1 fully saturated rings. The van der Waals surface area contributed by atoms with E-state index in [1.54, 1.807) is 12.1 Å². The Hall–Kier alpha value is -1.86. The average Bonchev–Trinajstić information content (AvgIpc) is 2.76. The van der Waals surface area contributed by atoms with Crippen molar-refractivity contribution in [2.45, 2.75) is 31.9 Å². The number of hydrogen-bond acceptors (Lipinski definition) is 3. The Bertz CT molecular complexity index is 462. The van der Waals surface area contributed by atoms with Gasteiger partial charge in [-0.05, 0) is 31.0 Å². The first-order chi connectivity index (χ1) is 8.69. The average molecular weight is 244 g/mol. The number of nitriles is 1. The molecule has 1 aromatic carbocycles. The van der Waals surface area contributed by atoms with Gasteiger partial charge in [0, 0.05) is 6.61 Å². The Kier molecular flexibility index (Phi) is 3.96. The second-order valence-corrected chi connectivity index (χ2v) is 4.52. The molecule has 2 atom stereocenters. The van der Waals surface area contributed by atoms with Crippen LogP contribution in [0.5, 0.6) is 0 Å². The van der Waals surface area contributed by atoms with Crippen LogP contribution in [0.25, 0.3) is 0 Å². The minimum atomic E-state index is 0.00191. The van der Waals surface area contributed by atoms with E-state index in [4.69, 9.17) is 10.00 Å². The predicted molar refractivity (Wildman–Crippen MR) is 66.8 cm³/mol. The van der Waals surface area contributed by atoms with Gasteiger partial charge in [-0.3, -0.25) is 4.79 Å². The van der Waals surface area contributed by atoms with Crippen LogP contribution < -0.4 is 5.32 Å². The molecule has 0 saturated carbocycles. The van der Waals surface area contributed by atoms with E-state index in [-0.39, 0.29) is 18.1 Å². The number of carbonyl (C=O) groups is 1. The maximum atomic E-state index is 11.8. The lowest BCUT2D eigenvalue weighted by atomic mass is 10.1. The van der Waals surface area contributed by atoms with Gasteiger partial charge in [0.05, 0.1) is 30.2 Å². The van der Waals surface area contributed by atoms with E-state index in [1.165, 1.54) is 0 Å². The van der Waals surface area contributed by atoms with E-state index in [1.807, 2.05) is 19.1 Å². The Morgan fingerprint density at radius 3 is 2.78 bits per heavy atom. The Labute approximate surface area is 107 Å². The van der Waals surface area contributed by atoms with Gasteiger partial charge in [-0.1, -0.05) is 12.1 Å². The minimum Gasteiger partial charge on any atom is -0.376 e. The number of nitrogens with one attached hydrogen (secondary N) is 1. The number of nitrogens with zero attached hydrogens (tertiary/aromatic N) is 1. The monoisotopic (exact) mass is 244 g/mol. The van der Waals surface area contributed by atoms with Gasteiger partial charge in [-0.25, -0.2) is 0 Å². The fourth-order valence-electron chi connectivity index (χ4n) is 2.06. The summed E-state index contributed by atoms with van der Waals surface area (Å²) in [5.41, 5.74) is 1.52. The summed E-state index contributed by atoms with van der Waals surface area (Å²) >= 11 is 0. The third kappa shape index (κ3) is 3.08. The van der Waals surface area contributed by atoms with E-state index in [0.717, 1.165) is 12.0 Å². The van der Waals surface area contributed by atoms with Crippen molar-refractivity contribution in [3.8, 4) is 6.07 Å². The first-order valence-electron chi connectivity index (χ1n) is 6.09. The third-order valence-corrected chi connectivity index (χ3v) is 3.17. The highest BCUT2D eigenvalue weighted by atomic mass is 16.5. The lowest BCUT2D eigenvalue weighted by Crippen LogP contribution is -2.39. The van der Waals surface area contributed by atoms with Gasteiger partial charge < -0.3 is 10.1 Å². The van der Waals surface area contributed by atoms with Crippen molar-refractivity contribution >= 4 is 5.91 Å². The number of amides is 1. The molecule has 1 heterocycles. The normalized spacial score (nSPS) is 22.4. The predicted octanol–water partition coefficient (Wildman–Crippen LogP) is 1.39. The zero-order valence-electron chi connectivity index (χ0n) is 10.3. The Morgan fingerprint density at radius 2 is 2.22 bits per heavy atom. The highest BCUT2D eigenvalue weighted by Crippen LogP contribution is 2.13. The molecule has 1 N–H and O–H groups in total. The Balaban J connectivity index is 1.88. The van der Waals surface area contributed by atoms with Crippen LogP contribution in [-0.4, -0.2) is 24.7 Å². The first kappa shape index (κ1) is 12.6. The maximum absolute atomic E-state index is 11.8. The fourth-order valence-corrected chi connectivity index (χ4v) is 2.06. The summed E-state index contributed by atoms with van der Waals surface area (Å²) < 4.78 is 5.40. The molecule has 0 aromatic heterocycles. The number of benzene rings is 1. The molecule has 1 amide bonds. The van der Waals surface area contributed by atoms with Crippen molar-refractivity contribution in [3.05, 3.63) is 35.4 Å². The van der Waals surface area contributed by atoms with E-state index in [0.29, 0.717) is 18.6 Å². The van der Waals surface area contributed by atoms with Crippen molar-refractivity contribution < 1.29 is 9.53 Å². The summed E-state index contributed by atoms with van der Waals surface area (Å²) in [5.74, 6) is 0.00191. The molecular weight excluding hydrogens is 228 g/mol. The second kappa shape index (κ2) is 5.65.